The monoisotopic (exact) mass is 381 g/mol. The van der Waals surface area contributed by atoms with Crippen LogP contribution in [-0.2, 0) is 11.8 Å². The van der Waals surface area contributed by atoms with Gasteiger partial charge in [-0.2, -0.15) is 5.10 Å². The van der Waals surface area contributed by atoms with Crippen molar-refractivity contribution in [3.63, 3.8) is 0 Å². The van der Waals surface area contributed by atoms with Crippen molar-refractivity contribution in [2.45, 2.75) is 26.7 Å². The third-order valence-corrected chi connectivity index (χ3v) is 5.51. The number of nitrogens with zero attached hydrogens (tertiary/aromatic N) is 3. The molecule has 0 aliphatic carbocycles. The van der Waals surface area contributed by atoms with Crippen LogP contribution in [0, 0.1) is 19.8 Å². The molecule has 28 heavy (non-hydrogen) atoms. The van der Waals surface area contributed by atoms with Crippen LogP contribution in [0.15, 0.2) is 30.3 Å². The molecule has 148 valence electrons. The minimum absolute atomic E-state index is 0.0157. The molecule has 0 bridgehead atoms. The van der Waals surface area contributed by atoms with E-state index < -0.39 is 0 Å². The molecule has 1 aromatic heterocycles. The summed E-state index contributed by atoms with van der Waals surface area (Å²) >= 11 is 0. The Kier molecular flexibility index (Phi) is 5.97. The number of methoxy groups -OCH3 is 1. The molecule has 6 nitrogen and oxygen atoms in total. The largest absolute Gasteiger partial charge is 0.497 e. The van der Waals surface area contributed by atoms with Gasteiger partial charge in [-0.15, -0.1) is 0 Å². The number of aryl methyl sites for hydroxylation is 2. The zero-order chi connectivity index (χ0) is 20.3. The number of carbonyl (C=O) groups excluding carboxylic acids is 2. The van der Waals surface area contributed by atoms with Gasteiger partial charge >= 0.3 is 0 Å². The smallest absolute Gasteiger partial charge is 0.246 e. The number of Topliss-reactive ketones (excluding diaryl/α,β-unsaturated/α-hetero) is 1. The first-order chi connectivity index (χ1) is 13.4. The molecule has 0 atom stereocenters. The van der Waals surface area contributed by atoms with Crippen molar-refractivity contribution in [1.82, 2.24) is 14.7 Å². The molecule has 1 saturated heterocycles. The summed E-state index contributed by atoms with van der Waals surface area (Å²) in [6.07, 6.45) is 4.84. The number of likely N-dealkylation sites (tertiary alicyclic amines) is 1. The molecule has 2 heterocycles. The summed E-state index contributed by atoms with van der Waals surface area (Å²) in [5.74, 6) is 0.831. The van der Waals surface area contributed by atoms with Crippen LogP contribution >= 0.6 is 0 Å². The van der Waals surface area contributed by atoms with Gasteiger partial charge in [0.1, 0.15) is 5.75 Å². The second-order valence-corrected chi connectivity index (χ2v) is 7.23. The lowest BCUT2D eigenvalue weighted by Crippen LogP contribution is -2.39. The summed E-state index contributed by atoms with van der Waals surface area (Å²) < 4.78 is 6.95. The molecule has 0 unspecified atom stereocenters. The second-order valence-electron chi connectivity index (χ2n) is 7.23. The minimum Gasteiger partial charge on any atom is -0.497 e. The highest BCUT2D eigenvalue weighted by Gasteiger charge is 2.27. The number of amides is 1. The quantitative estimate of drug-likeness (QED) is 0.589. The first-order valence-corrected chi connectivity index (χ1v) is 9.56. The average Bonchev–Trinajstić information content (AvgIpc) is 2.97. The van der Waals surface area contributed by atoms with Crippen LogP contribution in [0.25, 0.3) is 6.08 Å². The van der Waals surface area contributed by atoms with Gasteiger partial charge in [0.05, 0.1) is 12.8 Å². The predicted molar refractivity (Wildman–Crippen MR) is 108 cm³/mol. The van der Waals surface area contributed by atoms with E-state index in [0.29, 0.717) is 31.5 Å². The van der Waals surface area contributed by atoms with Gasteiger partial charge in [0.2, 0.25) is 5.91 Å². The number of hydrogen-bond acceptors (Lipinski definition) is 4. The number of aromatic nitrogens is 2. The number of piperidine rings is 1. The Balaban J connectivity index is 1.57. The molecule has 0 saturated carbocycles. The number of ether oxygens (including phenoxy) is 1. The van der Waals surface area contributed by atoms with Crippen molar-refractivity contribution in [3.8, 4) is 5.75 Å². The Morgan fingerprint density at radius 2 is 1.79 bits per heavy atom. The van der Waals surface area contributed by atoms with E-state index in [4.69, 9.17) is 4.74 Å². The summed E-state index contributed by atoms with van der Waals surface area (Å²) in [5.41, 5.74) is 3.63. The number of ketones is 1. The molecule has 0 N–H and O–H groups in total. The Hall–Kier alpha value is -2.89. The van der Waals surface area contributed by atoms with Gasteiger partial charge in [-0.25, -0.2) is 0 Å². The maximum Gasteiger partial charge on any atom is 0.246 e. The molecule has 6 heteroatoms. The van der Waals surface area contributed by atoms with Gasteiger partial charge in [0.15, 0.2) is 5.78 Å². The Labute approximate surface area is 165 Å². The lowest BCUT2D eigenvalue weighted by atomic mass is 9.89. The van der Waals surface area contributed by atoms with Crippen LogP contribution in [0.3, 0.4) is 0 Å². The average molecular weight is 381 g/mol. The van der Waals surface area contributed by atoms with Gasteiger partial charge in [-0.1, -0.05) is 0 Å². The van der Waals surface area contributed by atoms with Crippen LogP contribution in [0.2, 0.25) is 0 Å². The normalized spacial score (nSPS) is 15.2. The third kappa shape index (κ3) is 4.16. The molecule has 1 amide bonds. The first kappa shape index (κ1) is 19.9. The molecule has 1 aliphatic rings. The van der Waals surface area contributed by atoms with E-state index in [0.717, 1.165) is 22.7 Å². The highest BCUT2D eigenvalue weighted by molar-refractivity contribution is 5.98. The van der Waals surface area contributed by atoms with E-state index in [1.807, 2.05) is 36.6 Å². The third-order valence-electron chi connectivity index (χ3n) is 5.51. The Bertz CT molecular complexity index is 888. The number of benzene rings is 1. The summed E-state index contributed by atoms with van der Waals surface area (Å²) in [7, 11) is 3.50. The predicted octanol–water partition coefficient (Wildman–Crippen LogP) is 3.18. The van der Waals surface area contributed by atoms with Crippen molar-refractivity contribution in [2.75, 3.05) is 20.2 Å². The number of rotatable bonds is 5. The zero-order valence-electron chi connectivity index (χ0n) is 16.9. The molecular weight excluding hydrogens is 354 g/mol. The molecule has 2 aromatic rings. The Morgan fingerprint density at radius 3 is 2.32 bits per heavy atom. The summed E-state index contributed by atoms with van der Waals surface area (Å²) in [4.78, 5) is 27.0. The molecule has 1 aromatic carbocycles. The molecule has 1 fully saturated rings. The fraction of sp³-hybridized carbons (Fsp3) is 0.409. The van der Waals surface area contributed by atoms with Crippen molar-refractivity contribution >= 4 is 17.8 Å². The van der Waals surface area contributed by atoms with E-state index >= 15 is 0 Å². The van der Waals surface area contributed by atoms with Gasteiger partial charge in [-0.3, -0.25) is 14.3 Å². The van der Waals surface area contributed by atoms with Crippen LogP contribution in [0.1, 0.15) is 40.2 Å². The molecule has 1 aliphatic heterocycles. The van der Waals surface area contributed by atoms with Crippen LogP contribution in [0.4, 0.5) is 0 Å². The van der Waals surface area contributed by atoms with E-state index in [1.54, 1.807) is 37.5 Å². The molecule has 0 radical (unpaired) electrons. The van der Waals surface area contributed by atoms with Crippen molar-refractivity contribution < 1.29 is 14.3 Å². The lowest BCUT2D eigenvalue weighted by Gasteiger charge is -2.30. The number of hydrogen-bond donors (Lipinski definition) is 0. The number of carbonyl (C=O) groups is 2. The van der Waals surface area contributed by atoms with E-state index in [1.165, 1.54) is 0 Å². The van der Waals surface area contributed by atoms with Gasteiger partial charge < -0.3 is 9.64 Å². The lowest BCUT2D eigenvalue weighted by molar-refractivity contribution is -0.127. The maximum atomic E-state index is 12.7. The second kappa shape index (κ2) is 8.42. The first-order valence-electron chi connectivity index (χ1n) is 9.56. The van der Waals surface area contributed by atoms with Crippen molar-refractivity contribution in [1.29, 1.82) is 0 Å². The summed E-state index contributed by atoms with van der Waals surface area (Å²) in [6, 6.07) is 7.22. The molecule has 3 rings (SSSR count). The highest BCUT2D eigenvalue weighted by atomic mass is 16.5. The van der Waals surface area contributed by atoms with Gasteiger partial charge in [0.25, 0.3) is 0 Å². The molecule has 0 spiro atoms. The van der Waals surface area contributed by atoms with E-state index in [9.17, 15) is 9.59 Å². The maximum absolute atomic E-state index is 12.7. The van der Waals surface area contributed by atoms with Gasteiger partial charge in [-0.05, 0) is 57.0 Å². The van der Waals surface area contributed by atoms with Gasteiger partial charge in [0, 0.05) is 49.0 Å². The Morgan fingerprint density at radius 1 is 1.14 bits per heavy atom. The van der Waals surface area contributed by atoms with Crippen molar-refractivity contribution in [3.05, 3.63) is 52.9 Å². The topological polar surface area (TPSA) is 64.4 Å². The SMILES string of the molecule is COc1ccc(C(=O)C2CCN(C(=O)/C=C/c3c(C)nn(C)c3C)CC2)cc1. The van der Waals surface area contributed by atoms with Crippen LogP contribution in [-0.4, -0.2) is 46.6 Å². The van der Waals surface area contributed by atoms with Crippen molar-refractivity contribution in [2.24, 2.45) is 13.0 Å². The fourth-order valence-corrected chi connectivity index (χ4v) is 3.64. The van der Waals surface area contributed by atoms with Crippen LogP contribution < -0.4 is 4.74 Å². The fourth-order valence-electron chi connectivity index (χ4n) is 3.64. The minimum atomic E-state index is -0.0377. The molecular formula is C22H27N3O3. The highest BCUT2D eigenvalue weighted by Crippen LogP contribution is 2.23. The zero-order valence-corrected chi connectivity index (χ0v) is 16.9. The van der Waals surface area contributed by atoms with Crippen LogP contribution in [0.5, 0.6) is 5.75 Å². The van der Waals surface area contributed by atoms with E-state index in [2.05, 4.69) is 5.10 Å². The summed E-state index contributed by atoms with van der Waals surface area (Å²) in [6.45, 7) is 5.12. The summed E-state index contributed by atoms with van der Waals surface area (Å²) in [5, 5.41) is 4.37. The van der Waals surface area contributed by atoms with E-state index in [-0.39, 0.29) is 17.6 Å². The standard InChI is InChI=1S/C22H27N3O3/c1-15-20(16(2)24(3)23-15)9-10-21(26)25-13-11-18(12-14-25)22(27)17-5-7-19(28-4)8-6-17/h5-10,18H,11-14H2,1-4H3/b10-9+.